The average molecular weight is 285 g/mol. The van der Waals surface area contributed by atoms with E-state index in [-0.39, 0.29) is 0 Å². The Morgan fingerprint density at radius 1 is 1.29 bits per heavy atom. The van der Waals surface area contributed by atoms with Crippen molar-refractivity contribution in [1.82, 2.24) is 9.55 Å². The number of anilines is 1. The van der Waals surface area contributed by atoms with Crippen LogP contribution in [0, 0.1) is 0 Å². The van der Waals surface area contributed by atoms with E-state index in [2.05, 4.69) is 4.98 Å². The molecule has 0 N–H and O–H groups in total. The summed E-state index contributed by atoms with van der Waals surface area (Å²) in [5.74, 6) is 0.467. The third-order valence-corrected chi connectivity index (χ3v) is 3.66. The van der Waals surface area contributed by atoms with Gasteiger partial charge in [0.15, 0.2) is 0 Å². The standard InChI is InChI=1S/C15H15N3O3/c1-17-8-6-16-13(17)5-7-18-12-4-3-10(21-2)9-11(12)14(19)15(18)20/h3-4,6,8-9H,5,7H2,1-2H3. The number of aryl methyl sites for hydroxylation is 1. The van der Waals surface area contributed by atoms with Crippen molar-refractivity contribution in [2.45, 2.75) is 6.42 Å². The maximum atomic E-state index is 12.1. The van der Waals surface area contributed by atoms with E-state index in [0.717, 1.165) is 5.82 Å². The first-order valence-corrected chi connectivity index (χ1v) is 6.62. The number of carbonyl (C=O) groups is 2. The predicted octanol–water partition coefficient (Wildman–Crippen LogP) is 1.20. The van der Waals surface area contributed by atoms with E-state index in [1.54, 1.807) is 24.4 Å². The van der Waals surface area contributed by atoms with Gasteiger partial charge in [-0.2, -0.15) is 0 Å². The normalized spacial score (nSPS) is 13.7. The first-order chi connectivity index (χ1) is 10.1. The molecule has 1 aliphatic heterocycles. The van der Waals surface area contributed by atoms with Gasteiger partial charge in [0.05, 0.1) is 18.4 Å². The Morgan fingerprint density at radius 2 is 2.10 bits per heavy atom. The number of methoxy groups -OCH3 is 1. The predicted molar refractivity (Wildman–Crippen MR) is 76.6 cm³/mol. The Hall–Kier alpha value is -2.63. The van der Waals surface area contributed by atoms with Crippen LogP contribution in [0.1, 0.15) is 16.2 Å². The van der Waals surface area contributed by atoms with Crippen LogP contribution in [0.3, 0.4) is 0 Å². The number of amides is 1. The van der Waals surface area contributed by atoms with E-state index in [9.17, 15) is 9.59 Å². The number of carbonyl (C=O) groups excluding carboxylic acids is 2. The highest BCUT2D eigenvalue weighted by Crippen LogP contribution is 2.32. The summed E-state index contributed by atoms with van der Waals surface area (Å²) in [5.41, 5.74) is 1.04. The van der Waals surface area contributed by atoms with E-state index in [0.29, 0.717) is 30.0 Å². The number of rotatable bonds is 4. The molecule has 0 atom stereocenters. The topological polar surface area (TPSA) is 64.4 Å². The van der Waals surface area contributed by atoms with Gasteiger partial charge in [-0.25, -0.2) is 4.98 Å². The highest BCUT2D eigenvalue weighted by molar-refractivity contribution is 6.52. The smallest absolute Gasteiger partial charge is 0.299 e. The average Bonchev–Trinajstić information content (AvgIpc) is 3.00. The number of fused-ring (bicyclic) bond motifs is 1. The number of ether oxygens (including phenoxy) is 1. The number of nitrogens with zero attached hydrogens (tertiary/aromatic N) is 3. The molecule has 0 spiro atoms. The van der Waals surface area contributed by atoms with Gasteiger partial charge in [-0.3, -0.25) is 9.59 Å². The molecule has 2 aromatic rings. The summed E-state index contributed by atoms with van der Waals surface area (Å²) >= 11 is 0. The number of Topliss-reactive ketones (excluding diaryl/α,β-unsaturated/α-hetero) is 1. The maximum absolute atomic E-state index is 12.1. The third kappa shape index (κ3) is 2.18. The Morgan fingerprint density at radius 3 is 2.76 bits per heavy atom. The molecule has 0 bridgehead atoms. The van der Waals surface area contributed by atoms with E-state index in [1.807, 2.05) is 17.8 Å². The van der Waals surface area contributed by atoms with Crippen LogP contribution in [0.25, 0.3) is 0 Å². The van der Waals surface area contributed by atoms with Gasteiger partial charge in [0.1, 0.15) is 11.6 Å². The minimum absolute atomic E-state index is 0.402. The molecule has 0 aliphatic carbocycles. The largest absolute Gasteiger partial charge is 0.497 e. The summed E-state index contributed by atoms with van der Waals surface area (Å²) in [5, 5.41) is 0. The molecule has 1 aromatic heterocycles. The molecule has 3 rings (SSSR count). The number of aromatic nitrogens is 2. The van der Waals surface area contributed by atoms with Crippen molar-refractivity contribution in [2.75, 3.05) is 18.6 Å². The molecule has 1 aromatic carbocycles. The van der Waals surface area contributed by atoms with Gasteiger partial charge < -0.3 is 14.2 Å². The van der Waals surface area contributed by atoms with Crippen molar-refractivity contribution in [1.29, 1.82) is 0 Å². The quantitative estimate of drug-likeness (QED) is 0.792. The molecule has 1 aliphatic rings. The Kier molecular flexibility index (Phi) is 3.21. The second-order valence-corrected chi connectivity index (χ2v) is 4.87. The third-order valence-electron chi connectivity index (χ3n) is 3.66. The van der Waals surface area contributed by atoms with Crippen LogP contribution in [-0.2, 0) is 18.3 Å². The molecule has 2 heterocycles. The van der Waals surface area contributed by atoms with Crippen LogP contribution in [0.5, 0.6) is 5.75 Å². The van der Waals surface area contributed by atoms with E-state index in [1.165, 1.54) is 12.0 Å². The van der Waals surface area contributed by atoms with Crippen LogP contribution in [0.15, 0.2) is 30.6 Å². The fraction of sp³-hybridized carbons (Fsp3) is 0.267. The molecule has 1 amide bonds. The van der Waals surface area contributed by atoms with Gasteiger partial charge in [0.2, 0.25) is 0 Å². The summed E-state index contributed by atoms with van der Waals surface area (Å²) in [7, 11) is 3.43. The van der Waals surface area contributed by atoms with E-state index < -0.39 is 11.7 Å². The molecule has 6 nitrogen and oxygen atoms in total. The van der Waals surface area contributed by atoms with Gasteiger partial charge in [-0.05, 0) is 18.2 Å². The number of hydrogen-bond acceptors (Lipinski definition) is 4. The molecule has 0 saturated carbocycles. The lowest BCUT2D eigenvalue weighted by atomic mass is 10.1. The lowest BCUT2D eigenvalue weighted by Gasteiger charge is -2.16. The fourth-order valence-electron chi connectivity index (χ4n) is 2.48. The van der Waals surface area contributed by atoms with Crippen molar-refractivity contribution in [3.05, 3.63) is 42.0 Å². The molecule has 0 saturated heterocycles. The lowest BCUT2D eigenvalue weighted by molar-refractivity contribution is -0.114. The lowest BCUT2D eigenvalue weighted by Crippen LogP contribution is -2.32. The van der Waals surface area contributed by atoms with Crippen molar-refractivity contribution >= 4 is 17.4 Å². The van der Waals surface area contributed by atoms with Crippen LogP contribution in [-0.4, -0.2) is 34.9 Å². The first-order valence-electron chi connectivity index (χ1n) is 6.62. The van der Waals surface area contributed by atoms with Crippen molar-refractivity contribution in [2.24, 2.45) is 7.05 Å². The van der Waals surface area contributed by atoms with Gasteiger partial charge >= 0.3 is 0 Å². The Balaban J connectivity index is 1.86. The van der Waals surface area contributed by atoms with Gasteiger partial charge in [-0.15, -0.1) is 0 Å². The summed E-state index contributed by atoms with van der Waals surface area (Å²) in [6, 6.07) is 5.10. The highest BCUT2D eigenvalue weighted by atomic mass is 16.5. The number of benzene rings is 1. The second kappa shape index (κ2) is 5.05. The van der Waals surface area contributed by atoms with Crippen LogP contribution >= 0.6 is 0 Å². The molecule has 108 valence electrons. The molecule has 21 heavy (non-hydrogen) atoms. The Bertz CT molecular complexity index is 721. The van der Waals surface area contributed by atoms with Crippen molar-refractivity contribution in [3.8, 4) is 5.75 Å². The van der Waals surface area contributed by atoms with Gasteiger partial charge in [0, 0.05) is 32.4 Å². The highest BCUT2D eigenvalue weighted by Gasteiger charge is 2.35. The number of hydrogen-bond donors (Lipinski definition) is 0. The van der Waals surface area contributed by atoms with Crippen molar-refractivity contribution < 1.29 is 14.3 Å². The molecule has 0 radical (unpaired) electrons. The molecule has 0 fully saturated rings. The van der Waals surface area contributed by atoms with Gasteiger partial charge in [-0.1, -0.05) is 0 Å². The van der Waals surface area contributed by atoms with Crippen LogP contribution in [0.4, 0.5) is 5.69 Å². The Labute approximate surface area is 122 Å². The number of ketones is 1. The molecule has 0 unspecified atom stereocenters. The summed E-state index contributed by atoms with van der Waals surface area (Å²) in [4.78, 5) is 29.9. The van der Waals surface area contributed by atoms with Crippen molar-refractivity contribution in [3.63, 3.8) is 0 Å². The SMILES string of the molecule is COc1ccc2c(c1)C(=O)C(=O)N2CCc1nccn1C. The minimum Gasteiger partial charge on any atom is -0.497 e. The summed E-state index contributed by atoms with van der Waals surface area (Å²) in [6.07, 6.45) is 4.16. The zero-order chi connectivity index (χ0) is 15.0. The van der Waals surface area contributed by atoms with Gasteiger partial charge in [0.25, 0.3) is 11.7 Å². The summed E-state index contributed by atoms with van der Waals surface area (Å²) < 4.78 is 7.00. The van der Waals surface area contributed by atoms with E-state index >= 15 is 0 Å². The molecule has 6 heteroatoms. The first kappa shape index (κ1) is 13.4. The fourth-order valence-corrected chi connectivity index (χ4v) is 2.48. The zero-order valence-corrected chi connectivity index (χ0v) is 11.9. The number of imidazole rings is 1. The minimum atomic E-state index is -0.493. The van der Waals surface area contributed by atoms with Crippen LogP contribution in [0.2, 0.25) is 0 Å². The second-order valence-electron chi connectivity index (χ2n) is 4.87. The van der Waals surface area contributed by atoms with E-state index in [4.69, 9.17) is 4.74 Å². The molecular formula is C15H15N3O3. The maximum Gasteiger partial charge on any atom is 0.299 e. The molecular weight excluding hydrogens is 270 g/mol. The zero-order valence-electron chi connectivity index (χ0n) is 11.9. The summed E-state index contributed by atoms with van der Waals surface area (Å²) in [6.45, 7) is 0.425. The van der Waals surface area contributed by atoms with Crippen LogP contribution < -0.4 is 9.64 Å². The monoisotopic (exact) mass is 285 g/mol.